The van der Waals surface area contributed by atoms with E-state index in [-0.39, 0.29) is 0 Å². The van der Waals surface area contributed by atoms with Crippen molar-refractivity contribution in [1.82, 2.24) is 10.2 Å². The highest BCUT2D eigenvalue weighted by molar-refractivity contribution is 5.33. The summed E-state index contributed by atoms with van der Waals surface area (Å²) in [4.78, 5) is 2.47. The molecule has 0 amide bonds. The number of nitrogens with zero attached hydrogens (tertiary/aromatic N) is 1. The highest BCUT2D eigenvalue weighted by atomic mass is 16.5. The van der Waals surface area contributed by atoms with Crippen LogP contribution >= 0.6 is 0 Å². The number of nitrogens with one attached hydrogen (secondary N) is 1. The summed E-state index contributed by atoms with van der Waals surface area (Å²) in [6.45, 7) is 9.46. The third-order valence-corrected chi connectivity index (χ3v) is 3.67. The lowest BCUT2D eigenvalue weighted by molar-refractivity contribution is 0.224. The first-order valence-electron chi connectivity index (χ1n) is 7.46. The predicted octanol–water partition coefficient (Wildman–Crippen LogP) is 2.66. The van der Waals surface area contributed by atoms with Crippen LogP contribution in [0.3, 0.4) is 0 Å². The summed E-state index contributed by atoms with van der Waals surface area (Å²) in [5, 5.41) is 3.59. The Bertz CT molecular complexity index is 381. The molecular formula is C16H26N2O. The molecule has 1 unspecified atom stereocenters. The van der Waals surface area contributed by atoms with Gasteiger partial charge in [0.1, 0.15) is 12.4 Å². The van der Waals surface area contributed by atoms with Crippen LogP contribution in [0.4, 0.5) is 0 Å². The van der Waals surface area contributed by atoms with Gasteiger partial charge in [-0.3, -0.25) is 4.90 Å². The quantitative estimate of drug-likeness (QED) is 0.853. The van der Waals surface area contributed by atoms with Crippen molar-refractivity contribution in [2.24, 2.45) is 0 Å². The average molecular weight is 262 g/mol. The van der Waals surface area contributed by atoms with Crippen molar-refractivity contribution >= 4 is 0 Å². The maximum atomic E-state index is 5.78. The van der Waals surface area contributed by atoms with E-state index in [9.17, 15) is 0 Å². The number of ether oxygens (including phenoxy) is 1. The number of benzene rings is 1. The van der Waals surface area contributed by atoms with Crippen LogP contribution in [0.5, 0.6) is 5.75 Å². The van der Waals surface area contributed by atoms with Gasteiger partial charge in [0.15, 0.2) is 0 Å². The van der Waals surface area contributed by atoms with Crippen LogP contribution in [-0.4, -0.2) is 37.2 Å². The summed E-state index contributed by atoms with van der Waals surface area (Å²) in [6, 6.07) is 9.00. The Hall–Kier alpha value is -1.06. The Balaban J connectivity index is 1.79. The third-order valence-electron chi connectivity index (χ3n) is 3.67. The highest BCUT2D eigenvalue weighted by Crippen LogP contribution is 2.21. The molecule has 19 heavy (non-hydrogen) atoms. The second kappa shape index (κ2) is 7.51. The molecule has 0 fully saturated rings. The van der Waals surface area contributed by atoms with Gasteiger partial charge in [-0.25, -0.2) is 0 Å². The van der Waals surface area contributed by atoms with Gasteiger partial charge in [-0.05, 0) is 19.4 Å². The van der Waals surface area contributed by atoms with Crippen LogP contribution in [0.15, 0.2) is 24.3 Å². The van der Waals surface area contributed by atoms with Crippen LogP contribution < -0.4 is 10.1 Å². The molecule has 1 aromatic carbocycles. The van der Waals surface area contributed by atoms with Gasteiger partial charge >= 0.3 is 0 Å². The molecule has 1 aromatic rings. The van der Waals surface area contributed by atoms with Gasteiger partial charge in [0.2, 0.25) is 0 Å². The van der Waals surface area contributed by atoms with Gasteiger partial charge in [-0.1, -0.05) is 31.5 Å². The highest BCUT2D eigenvalue weighted by Gasteiger charge is 2.14. The first kappa shape index (κ1) is 14.4. The smallest absolute Gasteiger partial charge is 0.123 e. The summed E-state index contributed by atoms with van der Waals surface area (Å²) in [7, 11) is 0. The minimum Gasteiger partial charge on any atom is -0.492 e. The van der Waals surface area contributed by atoms with Crippen LogP contribution in [0.25, 0.3) is 0 Å². The Morgan fingerprint density at radius 2 is 2.21 bits per heavy atom. The van der Waals surface area contributed by atoms with Crippen molar-refractivity contribution in [2.75, 3.05) is 26.2 Å². The fourth-order valence-corrected chi connectivity index (χ4v) is 2.57. The van der Waals surface area contributed by atoms with E-state index in [2.05, 4.69) is 42.3 Å². The molecule has 2 rings (SSSR count). The van der Waals surface area contributed by atoms with Gasteiger partial charge in [0, 0.05) is 37.8 Å². The Labute approximate surface area is 116 Å². The summed E-state index contributed by atoms with van der Waals surface area (Å²) >= 11 is 0. The molecule has 0 aromatic heterocycles. The molecule has 1 heterocycles. The normalized spacial score (nSPS) is 17.4. The molecule has 1 N–H and O–H groups in total. The maximum absolute atomic E-state index is 5.78. The van der Waals surface area contributed by atoms with E-state index in [1.54, 1.807) is 0 Å². The molecule has 0 bridgehead atoms. The van der Waals surface area contributed by atoms with E-state index >= 15 is 0 Å². The van der Waals surface area contributed by atoms with Crippen molar-refractivity contribution in [3.05, 3.63) is 29.8 Å². The summed E-state index contributed by atoms with van der Waals surface area (Å²) < 4.78 is 5.78. The van der Waals surface area contributed by atoms with Gasteiger partial charge in [0.05, 0.1) is 0 Å². The van der Waals surface area contributed by atoms with Gasteiger partial charge in [-0.2, -0.15) is 0 Å². The van der Waals surface area contributed by atoms with Crippen LogP contribution in [0, 0.1) is 0 Å². The van der Waals surface area contributed by atoms with E-state index in [0.717, 1.165) is 38.5 Å². The lowest BCUT2D eigenvalue weighted by Crippen LogP contribution is -2.36. The average Bonchev–Trinajstić information content (AvgIpc) is 2.60. The van der Waals surface area contributed by atoms with Crippen molar-refractivity contribution in [3.8, 4) is 5.75 Å². The van der Waals surface area contributed by atoms with Crippen molar-refractivity contribution in [3.63, 3.8) is 0 Å². The third kappa shape index (κ3) is 4.51. The Morgan fingerprint density at radius 1 is 1.37 bits per heavy atom. The molecule has 106 valence electrons. The molecule has 0 spiro atoms. The van der Waals surface area contributed by atoms with E-state index in [4.69, 9.17) is 4.74 Å². The fraction of sp³-hybridized carbons (Fsp3) is 0.625. The van der Waals surface area contributed by atoms with E-state index < -0.39 is 0 Å². The number of hydrogen-bond donors (Lipinski definition) is 1. The molecule has 3 heteroatoms. The number of fused-ring (bicyclic) bond motifs is 1. The van der Waals surface area contributed by atoms with Crippen molar-refractivity contribution in [2.45, 2.75) is 39.3 Å². The van der Waals surface area contributed by atoms with Crippen molar-refractivity contribution < 1.29 is 4.74 Å². The second-order valence-corrected chi connectivity index (χ2v) is 5.38. The monoisotopic (exact) mass is 262 g/mol. The van der Waals surface area contributed by atoms with Gasteiger partial charge in [-0.15, -0.1) is 0 Å². The molecule has 0 radical (unpaired) electrons. The lowest BCUT2D eigenvalue weighted by Gasteiger charge is -2.21. The maximum Gasteiger partial charge on any atom is 0.123 e. The van der Waals surface area contributed by atoms with Crippen LogP contribution in [0.2, 0.25) is 0 Å². The second-order valence-electron chi connectivity index (χ2n) is 5.38. The first-order chi connectivity index (χ1) is 9.29. The van der Waals surface area contributed by atoms with Crippen molar-refractivity contribution in [1.29, 1.82) is 0 Å². The summed E-state index contributed by atoms with van der Waals surface area (Å²) in [6.07, 6.45) is 2.51. The zero-order valence-electron chi connectivity index (χ0n) is 12.2. The molecule has 1 aliphatic rings. The fourth-order valence-electron chi connectivity index (χ4n) is 2.57. The number of rotatable bonds is 6. The molecule has 0 saturated heterocycles. The van der Waals surface area contributed by atoms with Gasteiger partial charge in [0.25, 0.3) is 0 Å². The SMILES string of the molecule is CCCC(C)NCCN1CCOc2ccccc2C1. The Kier molecular flexibility index (Phi) is 5.67. The lowest BCUT2D eigenvalue weighted by atomic mass is 10.2. The van der Waals surface area contributed by atoms with E-state index in [1.807, 2.05) is 6.07 Å². The molecule has 1 atom stereocenters. The number of para-hydroxylation sites is 1. The summed E-state index contributed by atoms with van der Waals surface area (Å²) in [5.41, 5.74) is 1.31. The zero-order chi connectivity index (χ0) is 13.5. The largest absolute Gasteiger partial charge is 0.492 e. The molecule has 3 nitrogen and oxygen atoms in total. The summed E-state index contributed by atoms with van der Waals surface area (Å²) in [5.74, 6) is 1.05. The standard InChI is InChI=1S/C16H26N2O/c1-3-6-14(2)17-9-10-18-11-12-19-16-8-5-4-7-15(16)13-18/h4-5,7-8,14,17H,3,6,9-13H2,1-2H3. The van der Waals surface area contributed by atoms with E-state index in [0.29, 0.717) is 6.04 Å². The minimum atomic E-state index is 0.625. The number of hydrogen-bond acceptors (Lipinski definition) is 3. The zero-order valence-corrected chi connectivity index (χ0v) is 12.2. The van der Waals surface area contributed by atoms with Crippen LogP contribution in [-0.2, 0) is 6.54 Å². The van der Waals surface area contributed by atoms with Gasteiger partial charge < -0.3 is 10.1 Å². The molecule has 1 aliphatic heterocycles. The topological polar surface area (TPSA) is 24.5 Å². The molecule has 0 aliphatic carbocycles. The van der Waals surface area contributed by atoms with Crippen LogP contribution in [0.1, 0.15) is 32.3 Å². The molecular weight excluding hydrogens is 236 g/mol. The predicted molar refractivity (Wildman–Crippen MR) is 79.6 cm³/mol. The minimum absolute atomic E-state index is 0.625. The Morgan fingerprint density at radius 3 is 3.05 bits per heavy atom. The molecule has 0 saturated carbocycles. The first-order valence-corrected chi connectivity index (χ1v) is 7.46. The van der Waals surface area contributed by atoms with E-state index in [1.165, 1.54) is 18.4 Å².